The zero-order chi connectivity index (χ0) is 11.4. The first-order valence-corrected chi connectivity index (χ1v) is 6.90. The van der Waals surface area contributed by atoms with Crippen LogP contribution in [0.5, 0.6) is 0 Å². The summed E-state index contributed by atoms with van der Waals surface area (Å²) in [6, 6.07) is 2.51. The summed E-state index contributed by atoms with van der Waals surface area (Å²) in [5.74, 6) is 6.93. The molecule has 1 saturated heterocycles. The lowest BCUT2D eigenvalue weighted by Gasteiger charge is -2.21. The van der Waals surface area contributed by atoms with Gasteiger partial charge in [-0.2, -0.15) is 16.9 Å². The molecule has 0 spiro atoms. The van der Waals surface area contributed by atoms with Gasteiger partial charge in [0, 0.05) is 30.2 Å². The summed E-state index contributed by atoms with van der Waals surface area (Å²) in [7, 11) is 1.99. The Morgan fingerprint density at radius 2 is 2.62 bits per heavy atom. The highest BCUT2D eigenvalue weighted by Crippen LogP contribution is 2.30. The van der Waals surface area contributed by atoms with Crippen LogP contribution in [0.15, 0.2) is 12.3 Å². The molecule has 2 atom stereocenters. The van der Waals surface area contributed by atoms with E-state index in [1.54, 1.807) is 0 Å². The maximum Gasteiger partial charge on any atom is 0.0492 e. The van der Waals surface area contributed by atoms with Crippen LogP contribution in [-0.2, 0) is 13.5 Å². The van der Waals surface area contributed by atoms with Crippen molar-refractivity contribution in [3.05, 3.63) is 18.0 Å². The Labute approximate surface area is 101 Å². The summed E-state index contributed by atoms with van der Waals surface area (Å²) in [5.41, 5.74) is 4.26. The molecular weight excluding hydrogens is 220 g/mol. The normalized spacial score (nSPS) is 22.5. The third kappa shape index (κ3) is 2.78. The van der Waals surface area contributed by atoms with Gasteiger partial charge in [-0.15, -0.1) is 0 Å². The second-order valence-corrected chi connectivity index (χ2v) is 5.66. The fourth-order valence-corrected chi connectivity index (χ4v) is 3.66. The molecule has 16 heavy (non-hydrogen) atoms. The van der Waals surface area contributed by atoms with E-state index in [9.17, 15) is 0 Å². The van der Waals surface area contributed by atoms with Crippen LogP contribution >= 0.6 is 11.8 Å². The van der Waals surface area contributed by atoms with Crippen LogP contribution in [0.2, 0.25) is 0 Å². The first-order chi connectivity index (χ1) is 7.81. The minimum atomic E-state index is 0.433. The van der Waals surface area contributed by atoms with Crippen LogP contribution in [0.3, 0.4) is 0 Å². The number of hydrazine groups is 1. The third-order valence-electron chi connectivity index (χ3n) is 3.26. The standard InChI is InChI=1S/C11H20N4S/c1-15-9(6-7-13-15)4-5-10(14-12)11-3-2-8-16-11/h6-7,10-11,14H,2-5,8,12H2,1H3. The zero-order valence-electron chi connectivity index (χ0n) is 9.72. The highest BCUT2D eigenvalue weighted by atomic mass is 32.2. The molecule has 2 rings (SSSR count). The van der Waals surface area contributed by atoms with Gasteiger partial charge in [-0.05, 0) is 37.5 Å². The number of hydrogen-bond acceptors (Lipinski definition) is 4. The Hall–Kier alpha value is -0.520. The molecule has 2 unspecified atom stereocenters. The van der Waals surface area contributed by atoms with Gasteiger partial charge < -0.3 is 0 Å². The molecule has 0 aliphatic carbocycles. The second kappa shape index (κ2) is 5.70. The van der Waals surface area contributed by atoms with Crippen molar-refractivity contribution >= 4 is 11.8 Å². The largest absolute Gasteiger partial charge is 0.273 e. The molecule has 0 radical (unpaired) electrons. The predicted octanol–water partition coefficient (Wildman–Crippen LogP) is 1.08. The number of thioether (sulfide) groups is 1. The number of nitrogens with one attached hydrogen (secondary N) is 1. The zero-order valence-corrected chi connectivity index (χ0v) is 10.5. The van der Waals surface area contributed by atoms with Crippen molar-refractivity contribution in [2.45, 2.75) is 37.0 Å². The van der Waals surface area contributed by atoms with E-state index in [0.717, 1.165) is 12.8 Å². The maximum atomic E-state index is 5.64. The van der Waals surface area contributed by atoms with Crippen LogP contribution in [0.25, 0.3) is 0 Å². The fourth-order valence-electron chi connectivity index (χ4n) is 2.25. The molecular formula is C11H20N4S. The van der Waals surface area contributed by atoms with Gasteiger partial charge >= 0.3 is 0 Å². The summed E-state index contributed by atoms with van der Waals surface area (Å²) < 4.78 is 1.94. The maximum absolute atomic E-state index is 5.64. The lowest BCUT2D eigenvalue weighted by Crippen LogP contribution is -2.42. The Morgan fingerprint density at radius 3 is 3.19 bits per heavy atom. The van der Waals surface area contributed by atoms with Gasteiger partial charge in [0.15, 0.2) is 0 Å². The molecule has 3 N–H and O–H groups in total. The Balaban J connectivity index is 1.85. The molecule has 1 aliphatic heterocycles. The lowest BCUT2D eigenvalue weighted by molar-refractivity contribution is 0.463. The van der Waals surface area contributed by atoms with E-state index in [1.165, 1.54) is 24.3 Å². The van der Waals surface area contributed by atoms with Crippen molar-refractivity contribution < 1.29 is 0 Å². The van der Waals surface area contributed by atoms with Gasteiger partial charge in [-0.3, -0.25) is 16.0 Å². The molecule has 2 heterocycles. The van der Waals surface area contributed by atoms with Crippen molar-refractivity contribution in [3.63, 3.8) is 0 Å². The smallest absolute Gasteiger partial charge is 0.0492 e. The quantitative estimate of drug-likeness (QED) is 0.597. The van der Waals surface area contributed by atoms with Gasteiger partial charge in [0.25, 0.3) is 0 Å². The van der Waals surface area contributed by atoms with Gasteiger partial charge in [0.1, 0.15) is 0 Å². The number of aromatic nitrogens is 2. The minimum Gasteiger partial charge on any atom is -0.273 e. The highest BCUT2D eigenvalue weighted by molar-refractivity contribution is 8.00. The molecule has 5 heteroatoms. The predicted molar refractivity (Wildman–Crippen MR) is 68.1 cm³/mol. The van der Waals surface area contributed by atoms with Crippen LogP contribution < -0.4 is 11.3 Å². The SMILES string of the molecule is Cn1nccc1CCC(NN)C1CCCS1. The van der Waals surface area contributed by atoms with Crippen molar-refractivity contribution in [1.29, 1.82) is 0 Å². The summed E-state index contributed by atoms with van der Waals surface area (Å²) in [4.78, 5) is 0. The average molecular weight is 240 g/mol. The molecule has 1 aliphatic rings. The molecule has 0 amide bonds. The summed E-state index contributed by atoms with van der Waals surface area (Å²) in [6.45, 7) is 0. The van der Waals surface area contributed by atoms with Gasteiger partial charge in [-0.25, -0.2) is 0 Å². The third-order valence-corrected chi connectivity index (χ3v) is 4.78. The van der Waals surface area contributed by atoms with E-state index in [-0.39, 0.29) is 0 Å². The van der Waals surface area contributed by atoms with Crippen LogP contribution in [0.4, 0.5) is 0 Å². The summed E-state index contributed by atoms with van der Waals surface area (Å²) in [6.07, 6.45) is 6.62. The number of hydrogen-bond donors (Lipinski definition) is 2. The first-order valence-electron chi connectivity index (χ1n) is 5.86. The number of nitrogens with two attached hydrogens (primary N) is 1. The van der Waals surface area contributed by atoms with Gasteiger partial charge in [-0.1, -0.05) is 0 Å². The molecule has 90 valence electrons. The van der Waals surface area contributed by atoms with E-state index in [2.05, 4.69) is 28.4 Å². The molecule has 1 aromatic heterocycles. The molecule has 4 nitrogen and oxygen atoms in total. The van der Waals surface area contributed by atoms with Crippen molar-refractivity contribution in [2.75, 3.05) is 5.75 Å². The molecule has 0 aromatic carbocycles. The van der Waals surface area contributed by atoms with Crippen LogP contribution in [-0.4, -0.2) is 26.8 Å². The fraction of sp³-hybridized carbons (Fsp3) is 0.727. The monoisotopic (exact) mass is 240 g/mol. The van der Waals surface area contributed by atoms with E-state index >= 15 is 0 Å². The summed E-state index contributed by atoms with van der Waals surface area (Å²) in [5, 5.41) is 4.87. The Bertz CT molecular complexity index is 320. The Morgan fingerprint density at radius 1 is 1.75 bits per heavy atom. The molecule has 1 fully saturated rings. The van der Waals surface area contributed by atoms with E-state index < -0.39 is 0 Å². The minimum absolute atomic E-state index is 0.433. The van der Waals surface area contributed by atoms with Gasteiger partial charge in [0.2, 0.25) is 0 Å². The topological polar surface area (TPSA) is 55.9 Å². The second-order valence-electron chi connectivity index (χ2n) is 4.31. The lowest BCUT2D eigenvalue weighted by atomic mass is 10.0. The van der Waals surface area contributed by atoms with Gasteiger partial charge in [0.05, 0.1) is 0 Å². The Kier molecular flexibility index (Phi) is 4.26. The van der Waals surface area contributed by atoms with E-state index in [4.69, 9.17) is 5.84 Å². The van der Waals surface area contributed by atoms with Crippen LogP contribution in [0.1, 0.15) is 25.0 Å². The molecule has 0 bridgehead atoms. The van der Waals surface area contributed by atoms with Crippen LogP contribution in [0, 0.1) is 0 Å². The molecule has 1 aromatic rings. The molecule has 0 saturated carbocycles. The highest BCUT2D eigenvalue weighted by Gasteiger charge is 2.24. The van der Waals surface area contributed by atoms with Crippen molar-refractivity contribution in [3.8, 4) is 0 Å². The number of nitrogens with zero attached hydrogens (tertiary/aromatic N) is 2. The average Bonchev–Trinajstić information content (AvgIpc) is 2.92. The number of rotatable bonds is 5. The summed E-state index contributed by atoms with van der Waals surface area (Å²) >= 11 is 2.05. The van der Waals surface area contributed by atoms with Crippen molar-refractivity contribution in [1.82, 2.24) is 15.2 Å². The van der Waals surface area contributed by atoms with E-state index in [0.29, 0.717) is 11.3 Å². The number of aryl methyl sites for hydroxylation is 2. The first kappa shape index (κ1) is 12.0. The van der Waals surface area contributed by atoms with Crippen molar-refractivity contribution in [2.24, 2.45) is 12.9 Å². The van der Waals surface area contributed by atoms with E-state index in [1.807, 2.05) is 17.9 Å².